The zero-order valence-electron chi connectivity index (χ0n) is 13.9. The number of esters is 1. The molecule has 0 fully saturated rings. The third-order valence-corrected chi connectivity index (χ3v) is 3.95. The van der Waals surface area contributed by atoms with Crippen LogP contribution in [0.5, 0.6) is 0 Å². The lowest BCUT2D eigenvalue weighted by Crippen LogP contribution is -2.25. The molecule has 0 unspecified atom stereocenters. The molecule has 0 bridgehead atoms. The molecule has 3 aromatic rings. The number of carbonyl (C=O) groups excluding carboxylic acids is 2. The van der Waals surface area contributed by atoms with Gasteiger partial charge in [0.25, 0.3) is 0 Å². The number of hydrogen-bond acceptors (Lipinski definition) is 4. The number of ether oxygens (including phenoxy) is 1. The number of Topliss-reactive ketones (excluding diaryl/α,β-unsaturated/α-hetero) is 1. The van der Waals surface area contributed by atoms with Crippen molar-refractivity contribution in [1.82, 2.24) is 4.98 Å². The van der Waals surface area contributed by atoms with Crippen LogP contribution in [-0.4, -0.2) is 22.8 Å². The number of fused-ring (bicyclic) bond motifs is 1. The first-order chi connectivity index (χ1) is 12.0. The van der Waals surface area contributed by atoms with E-state index in [0.717, 1.165) is 5.56 Å². The number of aromatic amines is 1. The van der Waals surface area contributed by atoms with Crippen LogP contribution >= 0.6 is 0 Å². The Balaban J connectivity index is 1.81. The maximum absolute atomic E-state index is 12.4. The van der Waals surface area contributed by atoms with E-state index in [1.807, 2.05) is 19.1 Å². The van der Waals surface area contributed by atoms with Crippen LogP contribution in [0.1, 0.15) is 33.3 Å². The summed E-state index contributed by atoms with van der Waals surface area (Å²) in [5.41, 5.74) is 1.79. The van der Waals surface area contributed by atoms with Crippen molar-refractivity contribution in [3.63, 3.8) is 0 Å². The lowest BCUT2D eigenvalue weighted by atomic mass is 10.1. The Morgan fingerprint density at radius 3 is 2.44 bits per heavy atom. The summed E-state index contributed by atoms with van der Waals surface area (Å²) in [6.45, 7) is 3.44. The van der Waals surface area contributed by atoms with Gasteiger partial charge in [0.1, 0.15) is 5.69 Å². The molecule has 3 rings (SSSR count). The second-order valence-electron chi connectivity index (χ2n) is 5.87. The number of aryl methyl sites for hydroxylation is 1. The molecule has 0 aliphatic carbocycles. The first-order valence-corrected chi connectivity index (χ1v) is 7.89. The molecule has 0 aliphatic rings. The molecular formula is C20H17NO4. The van der Waals surface area contributed by atoms with Crippen LogP contribution in [0.25, 0.3) is 10.9 Å². The summed E-state index contributed by atoms with van der Waals surface area (Å²) in [5, 5.41) is 0.489. The molecule has 126 valence electrons. The van der Waals surface area contributed by atoms with Crippen molar-refractivity contribution in [2.75, 3.05) is 0 Å². The maximum Gasteiger partial charge on any atom is 0.355 e. The van der Waals surface area contributed by atoms with Gasteiger partial charge in [-0.2, -0.15) is 0 Å². The minimum atomic E-state index is -0.954. The van der Waals surface area contributed by atoms with Gasteiger partial charge in [-0.25, -0.2) is 4.79 Å². The SMILES string of the molecule is Cc1ccc(C(=O)[C@@H](C)OC(=O)c2cc(=O)c3ccccc3[nH]2)cc1. The van der Waals surface area contributed by atoms with E-state index in [0.29, 0.717) is 16.5 Å². The van der Waals surface area contributed by atoms with E-state index >= 15 is 0 Å². The Bertz CT molecular complexity index is 1000. The number of ketones is 1. The van der Waals surface area contributed by atoms with Gasteiger partial charge in [0.05, 0.1) is 0 Å². The normalized spacial score (nSPS) is 11.9. The number of H-pyrrole nitrogens is 1. The number of hydrogen-bond donors (Lipinski definition) is 1. The van der Waals surface area contributed by atoms with Crippen LogP contribution in [0.3, 0.4) is 0 Å². The molecule has 1 atom stereocenters. The molecule has 2 aromatic carbocycles. The van der Waals surface area contributed by atoms with E-state index in [2.05, 4.69) is 4.98 Å². The van der Waals surface area contributed by atoms with Crippen molar-refractivity contribution in [2.45, 2.75) is 20.0 Å². The van der Waals surface area contributed by atoms with Crippen LogP contribution in [-0.2, 0) is 4.74 Å². The highest BCUT2D eigenvalue weighted by Gasteiger charge is 2.21. The predicted octanol–water partition coefficient (Wildman–Crippen LogP) is 3.26. The summed E-state index contributed by atoms with van der Waals surface area (Å²) in [5.74, 6) is -1.03. The van der Waals surface area contributed by atoms with Crippen LogP contribution < -0.4 is 5.43 Å². The third-order valence-electron chi connectivity index (χ3n) is 3.95. The highest BCUT2D eigenvalue weighted by molar-refractivity contribution is 6.01. The molecule has 1 heterocycles. The fourth-order valence-electron chi connectivity index (χ4n) is 2.54. The van der Waals surface area contributed by atoms with Gasteiger partial charge in [-0.1, -0.05) is 42.0 Å². The highest BCUT2D eigenvalue weighted by Crippen LogP contribution is 2.12. The number of pyridine rings is 1. The van der Waals surface area contributed by atoms with Crippen LogP contribution in [0.2, 0.25) is 0 Å². The second kappa shape index (κ2) is 6.73. The molecular weight excluding hydrogens is 318 g/mol. The van der Waals surface area contributed by atoms with Crippen LogP contribution in [0.15, 0.2) is 59.4 Å². The number of para-hydroxylation sites is 1. The van der Waals surface area contributed by atoms with Gasteiger partial charge in [-0.3, -0.25) is 9.59 Å². The fourth-order valence-corrected chi connectivity index (χ4v) is 2.54. The quantitative estimate of drug-likeness (QED) is 0.586. The number of rotatable bonds is 4. The topological polar surface area (TPSA) is 76.2 Å². The summed E-state index contributed by atoms with van der Waals surface area (Å²) in [6, 6.07) is 15.1. The average Bonchev–Trinajstić information content (AvgIpc) is 2.61. The zero-order chi connectivity index (χ0) is 18.0. The summed E-state index contributed by atoms with van der Waals surface area (Å²) in [6.07, 6.45) is -0.954. The Hall–Kier alpha value is -3.21. The maximum atomic E-state index is 12.4. The van der Waals surface area contributed by atoms with E-state index in [9.17, 15) is 14.4 Å². The van der Waals surface area contributed by atoms with E-state index < -0.39 is 12.1 Å². The molecule has 0 spiro atoms. The van der Waals surface area contributed by atoms with Crippen LogP contribution in [0.4, 0.5) is 0 Å². The van der Waals surface area contributed by atoms with Gasteiger partial charge in [0.2, 0.25) is 5.78 Å². The second-order valence-corrected chi connectivity index (χ2v) is 5.87. The highest BCUT2D eigenvalue weighted by atomic mass is 16.5. The summed E-state index contributed by atoms with van der Waals surface area (Å²) < 4.78 is 5.23. The van der Waals surface area contributed by atoms with Gasteiger partial charge < -0.3 is 9.72 Å². The van der Waals surface area contributed by atoms with Crippen molar-refractivity contribution in [3.8, 4) is 0 Å². The van der Waals surface area contributed by atoms with Gasteiger partial charge in [-0.15, -0.1) is 0 Å². The Morgan fingerprint density at radius 2 is 1.72 bits per heavy atom. The van der Waals surface area contributed by atoms with E-state index in [1.165, 1.54) is 13.0 Å². The van der Waals surface area contributed by atoms with Crippen molar-refractivity contribution in [1.29, 1.82) is 0 Å². The first kappa shape index (κ1) is 16.6. The third kappa shape index (κ3) is 3.50. The monoisotopic (exact) mass is 335 g/mol. The number of benzene rings is 2. The minimum absolute atomic E-state index is 0.0206. The Kier molecular flexibility index (Phi) is 4.48. The predicted molar refractivity (Wildman–Crippen MR) is 95.0 cm³/mol. The number of nitrogens with one attached hydrogen (secondary N) is 1. The van der Waals surface area contributed by atoms with Crippen molar-refractivity contribution < 1.29 is 14.3 Å². The average molecular weight is 335 g/mol. The molecule has 1 N–H and O–H groups in total. The molecule has 0 saturated heterocycles. The van der Waals surface area contributed by atoms with Gasteiger partial charge in [-0.05, 0) is 26.0 Å². The smallest absolute Gasteiger partial charge is 0.355 e. The van der Waals surface area contributed by atoms with Crippen LogP contribution in [0, 0.1) is 6.92 Å². The van der Waals surface area contributed by atoms with E-state index in [-0.39, 0.29) is 16.9 Å². The summed E-state index contributed by atoms with van der Waals surface area (Å²) in [7, 11) is 0. The lowest BCUT2D eigenvalue weighted by molar-refractivity contribution is 0.0313. The largest absolute Gasteiger partial charge is 0.450 e. The van der Waals surface area contributed by atoms with Crippen molar-refractivity contribution >= 4 is 22.7 Å². The summed E-state index contributed by atoms with van der Waals surface area (Å²) >= 11 is 0. The summed E-state index contributed by atoms with van der Waals surface area (Å²) in [4.78, 5) is 39.6. The Labute approximate surface area is 144 Å². The number of carbonyl (C=O) groups is 2. The molecule has 5 heteroatoms. The fraction of sp³-hybridized carbons (Fsp3) is 0.150. The molecule has 5 nitrogen and oxygen atoms in total. The van der Waals surface area contributed by atoms with Crippen molar-refractivity contribution in [2.24, 2.45) is 0 Å². The Morgan fingerprint density at radius 1 is 1.04 bits per heavy atom. The first-order valence-electron chi connectivity index (χ1n) is 7.89. The standard InChI is InChI=1S/C20H17NO4/c1-12-7-9-14(10-8-12)19(23)13(2)25-20(24)17-11-18(22)15-5-3-4-6-16(15)21-17/h3-11,13H,1-2H3,(H,21,22)/t13-/m1/s1. The molecule has 0 saturated carbocycles. The van der Waals surface area contributed by atoms with Crippen molar-refractivity contribution in [3.05, 3.63) is 81.6 Å². The zero-order valence-corrected chi connectivity index (χ0v) is 13.9. The molecule has 0 radical (unpaired) electrons. The molecule has 0 aliphatic heterocycles. The van der Waals surface area contributed by atoms with Gasteiger partial charge in [0.15, 0.2) is 11.5 Å². The lowest BCUT2D eigenvalue weighted by Gasteiger charge is -2.13. The molecule has 1 aromatic heterocycles. The minimum Gasteiger partial charge on any atom is -0.450 e. The molecule has 25 heavy (non-hydrogen) atoms. The van der Waals surface area contributed by atoms with E-state index in [4.69, 9.17) is 4.74 Å². The van der Waals surface area contributed by atoms with Gasteiger partial charge in [0, 0.05) is 22.5 Å². The van der Waals surface area contributed by atoms with Gasteiger partial charge >= 0.3 is 5.97 Å². The number of aromatic nitrogens is 1. The van der Waals surface area contributed by atoms with E-state index in [1.54, 1.807) is 36.4 Å². The molecule has 0 amide bonds.